The molecule has 2 aromatic carbocycles. The van der Waals surface area contributed by atoms with Crippen LogP contribution in [0, 0.1) is 19.3 Å². The number of carbonyl (C=O) groups is 1. The van der Waals surface area contributed by atoms with Gasteiger partial charge < -0.3 is 10.1 Å². The Morgan fingerprint density at radius 1 is 1.14 bits per heavy atom. The van der Waals surface area contributed by atoms with Crippen LogP contribution in [-0.4, -0.2) is 11.4 Å². The van der Waals surface area contributed by atoms with Gasteiger partial charge in [-0.15, -0.1) is 6.42 Å². The topological polar surface area (TPSA) is 38.3 Å². The van der Waals surface area contributed by atoms with Crippen molar-refractivity contribution in [3.63, 3.8) is 0 Å². The number of hydrogen-bond donors (Lipinski definition) is 1. The normalized spacial score (nSPS) is 10.6. The van der Waals surface area contributed by atoms with Crippen LogP contribution in [0.5, 0.6) is 11.5 Å². The van der Waals surface area contributed by atoms with Crippen molar-refractivity contribution >= 4 is 5.91 Å². The van der Waals surface area contributed by atoms with Gasteiger partial charge in [0.2, 0.25) is 0 Å². The van der Waals surface area contributed by atoms with Gasteiger partial charge in [0, 0.05) is 5.56 Å². The Hall–Kier alpha value is -2.73. The quantitative estimate of drug-likeness (QED) is 0.867. The number of rotatable bonds is 4. The van der Waals surface area contributed by atoms with Crippen molar-refractivity contribution in [1.82, 2.24) is 5.32 Å². The lowest BCUT2D eigenvalue weighted by molar-refractivity contribution is 0.0930. The van der Waals surface area contributed by atoms with Crippen LogP contribution in [0.4, 0.5) is 0 Å². The molecule has 0 bridgehead atoms. The molecule has 0 aliphatic carbocycles. The SMILES string of the molecule is C#CC(C)(C)NC(=O)c1ccc(Oc2cccc(C)c2)cc1. The number of ether oxygens (including phenoxy) is 1. The van der Waals surface area contributed by atoms with Gasteiger partial charge >= 0.3 is 0 Å². The molecule has 3 nitrogen and oxygen atoms in total. The van der Waals surface area contributed by atoms with Gasteiger partial charge in [0.15, 0.2) is 0 Å². The number of nitrogens with one attached hydrogen (secondary N) is 1. The Balaban J connectivity index is 2.07. The second-order valence-corrected chi connectivity index (χ2v) is 5.67. The van der Waals surface area contributed by atoms with Gasteiger partial charge in [0.25, 0.3) is 5.91 Å². The molecule has 0 radical (unpaired) electrons. The highest BCUT2D eigenvalue weighted by molar-refractivity contribution is 5.95. The Morgan fingerprint density at radius 3 is 2.41 bits per heavy atom. The predicted molar refractivity (Wildman–Crippen MR) is 88.1 cm³/mol. The monoisotopic (exact) mass is 293 g/mol. The van der Waals surface area contributed by atoms with Crippen LogP contribution >= 0.6 is 0 Å². The standard InChI is InChI=1S/C19H19NO2/c1-5-19(3,4)20-18(21)15-9-11-16(12-10-15)22-17-8-6-7-14(2)13-17/h1,6-13H,2-4H3,(H,20,21). The Bertz CT molecular complexity index is 709. The first-order chi connectivity index (χ1) is 10.4. The van der Waals surface area contributed by atoms with Crippen LogP contribution in [0.2, 0.25) is 0 Å². The Morgan fingerprint density at radius 2 is 1.82 bits per heavy atom. The van der Waals surface area contributed by atoms with Crippen LogP contribution in [0.1, 0.15) is 29.8 Å². The van der Waals surface area contributed by atoms with E-state index in [1.807, 2.05) is 31.2 Å². The number of amides is 1. The second kappa shape index (κ2) is 6.36. The summed E-state index contributed by atoms with van der Waals surface area (Å²) in [4.78, 5) is 12.1. The van der Waals surface area contributed by atoms with Crippen molar-refractivity contribution in [3.05, 3.63) is 59.7 Å². The highest BCUT2D eigenvalue weighted by Crippen LogP contribution is 2.22. The second-order valence-electron chi connectivity index (χ2n) is 5.67. The minimum atomic E-state index is -0.673. The lowest BCUT2D eigenvalue weighted by Crippen LogP contribution is -2.42. The third-order valence-corrected chi connectivity index (χ3v) is 3.13. The third-order valence-electron chi connectivity index (χ3n) is 3.13. The summed E-state index contributed by atoms with van der Waals surface area (Å²) in [6, 6.07) is 14.8. The lowest BCUT2D eigenvalue weighted by Gasteiger charge is -2.19. The largest absolute Gasteiger partial charge is 0.457 e. The van der Waals surface area contributed by atoms with Crippen molar-refractivity contribution < 1.29 is 9.53 Å². The van der Waals surface area contributed by atoms with Crippen LogP contribution in [0.3, 0.4) is 0 Å². The zero-order chi connectivity index (χ0) is 16.2. The molecule has 0 aliphatic rings. The summed E-state index contributed by atoms with van der Waals surface area (Å²) in [7, 11) is 0. The summed E-state index contributed by atoms with van der Waals surface area (Å²) in [5, 5.41) is 2.78. The molecule has 1 N–H and O–H groups in total. The molecule has 2 aromatic rings. The third kappa shape index (κ3) is 4.13. The molecular formula is C19H19NO2. The Labute approximate surface area is 131 Å². The molecule has 0 unspecified atom stereocenters. The fourth-order valence-electron chi connectivity index (χ4n) is 1.88. The molecule has 0 aromatic heterocycles. The first-order valence-corrected chi connectivity index (χ1v) is 7.04. The Kier molecular flexibility index (Phi) is 4.53. The van der Waals surface area contributed by atoms with Crippen molar-refractivity contribution in [3.8, 4) is 23.8 Å². The zero-order valence-corrected chi connectivity index (χ0v) is 13.0. The maximum atomic E-state index is 12.1. The smallest absolute Gasteiger partial charge is 0.252 e. The van der Waals surface area contributed by atoms with E-state index >= 15 is 0 Å². The predicted octanol–water partition coefficient (Wildman–Crippen LogP) is 3.93. The summed E-state index contributed by atoms with van der Waals surface area (Å²) >= 11 is 0. The van der Waals surface area contributed by atoms with Crippen molar-refractivity contribution in [2.75, 3.05) is 0 Å². The average Bonchev–Trinajstić information content (AvgIpc) is 2.47. The van der Waals surface area contributed by atoms with E-state index < -0.39 is 5.54 Å². The highest BCUT2D eigenvalue weighted by Gasteiger charge is 2.17. The molecule has 0 saturated heterocycles. The number of terminal acetylenes is 1. The fourth-order valence-corrected chi connectivity index (χ4v) is 1.88. The van der Waals surface area contributed by atoms with E-state index in [0.29, 0.717) is 11.3 Å². The zero-order valence-electron chi connectivity index (χ0n) is 13.0. The van der Waals surface area contributed by atoms with Gasteiger partial charge in [-0.1, -0.05) is 18.1 Å². The molecule has 1 amide bonds. The number of benzene rings is 2. The van der Waals surface area contributed by atoms with E-state index in [1.54, 1.807) is 38.1 Å². The first kappa shape index (κ1) is 15.7. The van der Waals surface area contributed by atoms with Crippen molar-refractivity contribution in [2.24, 2.45) is 0 Å². The summed E-state index contributed by atoms with van der Waals surface area (Å²) in [5.41, 5.74) is 0.998. The molecule has 0 saturated carbocycles. The summed E-state index contributed by atoms with van der Waals surface area (Å²) in [6.07, 6.45) is 5.37. The van der Waals surface area contributed by atoms with Gasteiger partial charge in [0.1, 0.15) is 11.5 Å². The van der Waals surface area contributed by atoms with Crippen LogP contribution in [0.25, 0.3) is 0 Å². The summed E-state index contributed by atoms with van der Waals surface area (Å²) in [6.45, 7) is 5.56. The van der Waals surface area contributed by atoms with E-state index in [0.717, 1.165) is 11.3 Å². The highest BCUT2D eigenvalue weighted by atomic mass is 16.5. The first-order valence-electron chi connectivity index (χ1n) is 7.04. The number of hydrogen-bond acceptors (Lipinski definition) is 2. The van der Waals surface area contributed by atoms with E-state index in [4.69, 9.17) is 11.2 Å². The molecule has 22 heavy (non-hydrogen) atoms. The molecule has 0 fully saturated rings. The van der Waals surface area contributed by atoms with E-state index in [-0.39, 0.29) is 5.91 Å². The maximum Gasteiger partial charge on any atom is 0.252 e. The van der Waals surface area contributed by atoms with E-state index in [1.165, 1.54) is 0 Å². The summed E-state index contributed by atoms with van der Waals surface area (Å²) < 4.78 is 5.75. The molecule has 112 valence electrons. The van der Waals surface area contributed by atoms with Crippen molar-refractivity contribution in [2.45, 2.75) is 26.3 Å². The molecular weight excluding hydrogens is 274 g/mol. The molecule has 2 rings (SSSR count). The van der Waals surface area contributed by atoms with Gasteiger partial charge in [-0.2, -0.15) is 0 Å². The molecule has 0 spiro atoms. The van der Waals surface area contributed by atoms with Crippen LogP contribution in [-0.2, 0) is 0 Å². The molecule has 0 atom stereocenters. The van der Waals surface area contributed by atoms with Crippen LogP contribution < -0.4 is 10.1 Å². The van der Waals surface area contributed by atoms with Crippen LogP contribution in [0.15, 0.2) is 48.5 Å². The average molecular weight is 293 g/mol. The fraction of sp³-hybridized carbons (Fsp3) is 0.211. The number of aryl methyl sites for hydroxylation is 1. The van der Waals surface area contributed by atoms with Gasteiger partial charge in [-0.25, -0.2) is 0 Å². The molecule has 0 aliphatic heterocycles. The number of carbonyl (C=O) groups excluding carboxylic acids is 1. The van der Waals surface area contributed by atoms with Gasteiger partial charge in [-0.3, -0.25) is 4.79 Å². The van der Waals surface area contributed by atoms with Gasteiger partial charge in [0.05, 0.1) is 5.54 Å². The molecule has 0 heterocycles. The van der Waals surface area contributed by atoms with E-state index in [2.05, 4.69) is 11.2 Å². The minimum Gasteiger partial charge on any atom is -0.457 e. The molecule has 3 heteroatoms. The van der Waals surface area contributed by atoms with E-state index in [9.17, 15) is 4.79 Å². The van der Waals surface area contributed by atoms with Crippen molar-refractivity contribution in [1.29, 1.82) is 0 Å². The summed E-state index contributed by atoms with van der Waals surface area (Å²) in [5.74, 6) is 3.78. The minimum absolute atomic E-state index is 0.204. The maximum absolute atomic E-state index is 12.1. The lowest BCUT2D eigenvalue weighted by atomic mass is 10.1. The van der Waals surface area contributed by atoms with Gasteiger partial charge in [-0.05, 0) is 62.7 Å².